The molecule has 0 bridgehead atoms. The van der Waals surface area contributed by atoms with Crippen LogP contribution in [-0.2, 0) is 6.42 Å². The largest absolute Gasteiger partial charge is 0.356 e. The van der Waals surface area contributed by atoms with Gasteiger partial charge in [-0.2, -0.15) is 4.98 Å². The summed E-state index contributed by atoms with van der Waals surface area (Å²) in [6, 6.07) is 2.97. The maximum absolute atomic E-state index is 5.26. The molecule has 0 amide bonds. The first-order valence-corrected chi connectivity index (χ1v) is 8.31. The van der Waals surface area contributed by atoms with Crippen LogP contribution in [-0.4, -0.2) is 39.2 Å². The molecule has 1 saturated heterocycles. The van der Waals surface area contributed by atoms with Crippen molar-refractivity contribution < 1.29 is 4.52 Å². The van der Waals surface area contributed by atoms with Crippen molar-refractivity contribution in [2.24, 2.45) is 0 Å². The number of aryl methyl sites for hydroxylation is 1. The lowest BCUT2D eigenvalue weighted by Crippen LogP contribution is -2.39. The quantitative estimate of drug-likeness (QED) is 0.908. The molecule has 0 aliphatic carbocycles. The van der Waals surface area contributed by atoms with Gasteiger partial charge in [-0.05, 0) is 19.3 Å². The second-order valence-corrected chi connectivity index (χ2v) is 6.24. The number of nitrogens with zero attached hydrogens (tertiary/aromatic N) is 5. The van der Waals surface area contributed by atoms with Gasteiger partial charge >= 0.3 is 6.01 Å². The highest BCUT2D eigenvalue weighted by Gasteiger charge is 2.22. The topological polar surface area (TPSA) is 80.0 Å². The van der Waals surface area contributed by atoms with Gasteiger partial charge in [0.1, 0.15) is 12.1 Å². The van der Waals surface area contributed by atoms with Gasteiger partial charge in [0.15, 0.2) is 5.82 Å². The van der Waals surface area contributed by atoms with Crippen LogP contribution in [0.1, 0.15) is 51.0 Å². The minimum atomic E-state index is 0.279. The number of hydrogen-bond donors (Lipinski definition) is 1. The van der Waals surface area contributed by atoms with Gasteiger partial charge in [-0.1, -0.05) is 25.9 Å². The molecule has 0 saturated carbocycles. The Morgan fingerprint density at radius 3 is 2.74 bits per heavy atom. The molecule has 0 unspecified atom stereocenters. The van der Waals surface area contributed by atoms with Gasteiger partial charge in [0.2, 0.25) is 0 Å². The van der Waals surface area contributed by atoms with Crippen molar-refractivity contribution in [3.05, 3.63) is 23.9 Å². The molecule has 0 atom stereocenters. The number of anilines is 2. The molecule has 124 valence electrons. The predicted octanol–water partition coefficient (Wildman–Crippen LogP) is 2.63. The van der Waals surface area contributed by atoms with Crippen molar-refractivity contribution in [3.8, 4) is 0 Å². The van der Waals surface area contributed by atoms with E-state index in [1.54, 1.807) is 6.33 Å². The molecule has 23 heavy (non-hydrogen) atoms. The minimum absolute atomic E-state index is 0.279. The Bertz CT molecular complexity index is 633. The maximum atomic E-state index is 5.26. The van der Waals surface area contributed by atoms with Gasteiger partial charge in [-0.25, -0.2) is 9.97 Å². The highest BCUT2D eigenvalue weighted by molar-refractivity contribution is 5.40. The van der Waals surface area contributed by atoms with Crippen LogP contribution in [0.5, 0.6) is 0 Å². The Morgan fingerprint density at radius 2 is 2.09 bits per heavy atom. The van der Waals surface area contributed by atoms with Crippen molar-refractivity contribution in [1.29, 1.82) is 0 Å². The summed E-state index contributed by atoms with van der Waals surface area (Å²) >= 11 is 0. The fraction of sp³-hybridized carbons (Fsp3) is 0.625. The van der Waals surface area contributed by atoms with Gasteiger partial charge in [0, 0.05) is 36.8 Å². The van der Waals surface area contributed by atoms with E-state index < -0.39 is 0 Å². The monoisotopic (exact) mass is 316 g/mol. The summed E-state index contributed by atoms with van der Waals surface area (Å²) in [5.74, 6) is 2.05. The molecule has 2 aromatic heterocycles. The highest BCUT2D eigenvalue weighted by atomic mass is 16.5. The first kappa shape index (κ1) is 15.7. The zero-order chi connectivity index (χ0) is 16.2. The number of rotatable bonds is 5. The molecule has 1 N–H and O–H groups in total. The highest BCUT2D eigenvalue weighted by Crippen LogP contribution is 2.21. The molecule has 0 aromatic carbocycles. The standard InChI is InChI=1S/C16H24N6O/c1-4-12-9-14(18-10-17-12)22-7-5-13(6-8-22)19-16-20-15(11(2)3)21-23-16/h9-11,13H,4-8H2,1-3H3,(H,19,20,21). The van der Waals surface area contributed by atoms with Crippen LogP contribution in [0.25, 0.3) is 0 Å². The van der Waals surface area contributed by atoms with Crippen molar-refractivity contribution in [2.45, 2.75) is 52.0 Å². The number of aromatic nitrogens is 4. The average molecular weight is 316 g/mol. The Labute approximate surface area is 136 Å². The summed E-state index contributed by atoms with van der Waals surface area (Å²) in [6.07, 6.45) is 4.63. The van der Waals surface area contributed by atoms with Crippen molar-refractivity contribution >= 4 is 11.8 Å². The Balaban J connectivity index is 1.55. The molecule has 2 aromatic rings. The average Bonchev–Trinajstić information content (AvgIpc) is 3.04. The third-order valence-corrected chi connectivity index (χ3v) is 4.18. The van der Waals surface area contributed by atoms with Gasteiger partial charge < -0.3 is 14.7 Å². The molecule has 0 spiro atoms. The summed E-state index contributed by atoms with van der Waals surface area (Å²) in [7, 11) is 0. The van der Waals surface area contributed by atoms with E-state index in [0.717, 1.165) is 49.7 Å². The maximum Gasteiger partial charge on any atom is 0.321 e. The molecular formula is C16H24N6O. The summed E-state index contributed by atoms with van der Waals surface area (Å²) in [4.78, 5) is 15.4. The van der Waals surface area contributed by atoms with E-state index in [1.165, 1.54) is 0 Å². The zero-order valence-corrected chi connectivity index (χ0v) is 14.0. The van der Waals surface area contributed by atoms with Gasteiger partial charge in [0.25, 0.3) is 0 Å². The molecule has 1 fully saturated rings. The Kier molecular flexibility index (Phi) is 4.73. The Morgan fingerprint density at radius 1 is 1.30 bits per heavy atom. The van der Waals surface area contributed by atoms with Crippen LogP contribution in [0.4, 0.5) is 11.8 Å². The van der Waals surface area contributed by atoms with E-state index in [4.69, 9.17) is 4.52 Å². The van der Waals surface area contributed by atoms with Crippen molar-refractivity contribution in [3.63, 3.8) is 0 Å². The second-order valence-electron chi connectivity index (χ2n) is 6.24. The van der Waals surface area contributed by atoms with Crippen LogP contribution in [0, 0.1) is 0 Å². The van der Waals surface area contributed by atoms with Crippen LogP contribution in [0.2, 0.25) is 0 Å². The number of nitrogens with one attached hydrogen (secondary N) is 1. The normalized spacial score (nSPS) is 16.1. The second kappa shape index (κ2) is 6.93. The van der Waals surface area contributed by atoms with Crippen LogP contribution >= 0.6 is 0 Å². The number of piperidine rings is 1. The minimum Gasteiger partial charge on any atom is -0.356 e. The van der Waals surface area contributed by atoms with E-state index in [2.05, 4.69) is 57.2 Å². The lowest BCUT2D eigenvalue weighted by molar-refractivity contribution is 0.408. The van der Waals surface area contributed by atoms with Crippen LogP contribution in [0.15, 0.2) is 16.9 Å². The molecule has 3 rings (SSSR count). The molecule has 3 heterocycles. The van der Waals surface area contributed by atoms with E-state index >= 15 is 0 Å². The first-order chi connectivity index (χ1) is 11.2. The SMILES string of the molecule is CCc1cc(N2CCC(Nc3nc(C(C)C)no3)CC2)ncn1. The summed E-state index contributed by atoms with van der Waals surface area (Å²) in [5.41, 5.74) is 1.09. The summed E-state index contributed by atoms with van der Waals surface area (Å²) in [6.45, 7) is 8.14. The van der Waals surface area contributed by atoms with Crippen molar-refractivity contribution in [2.75, 3.05) is 23.3 Å². The van der Waals surface area contributed by atoms with E-state index in [0.29, 0.717) is 12.1 Å². The van der Waals surface area contributed by atoms with Gasteiger partial charge in [0.05, 0.1) is 0 Å². The van der Waals surface area contributed by atoms with E-state index in [1.807, 2.05) is 0 Å². The smallest absolute Gasteiger partial charge is 0.321 e. The fourth-order valence-corrected chi connectivity index (χ4v) is 2.71. The molecule has 1 aliphatic heterocycles. The predicted molar refractivity (Wildman–Crippen MR) is 88.7 cm³/mol. The molecule has 7 nitrogen and oxygen atoms in total. The third-order valence-electron chi connectivity index (χ3n) is 4.18. The number of hydrogen-bond acceptors (Lipinski definition) is 7. The van der Waals surface area contributed by atoms with E-state index in [-0.39, 0.29) is 5.92 Å². The van der Waals surface area contributed by atoms with Crippen LogP contribution in [0.3, 0.4) is 0 Å². The van der Waals surface area contributed by atoms with Gasteiger partial charge in [-0.3, -0.25) is 0 Å². The lowest BCUT2D eigenvalue weighted by Gasteiger charge is -2.32. The molecular weight excluding hydrogens is 292 g/mol. The third kappa shape index (κ3) is 3.78. The zero-order valence-electron chi connectivity index (χ0n) is 14.0. The van der Waals surface area contributed by atoms with Crippen molar-refractivity contribution in [1.82, 2.24) is 20.1 Å². The van der Waals surface area contributed by atoms with Crippen LogP contribution < -0.4 is 10.2 Å². The fourth-order valence-electron chi connectivity index (χ4n) is 2.71. The summed E-state index contributed by atoms with van der Waals surface area (Å²) in [5, 5.41) is 7.34. The Hall–Kier alpha value is -2.18. The molecule has 1 aliphatic rings. The van der Waals surface area contributed by atoms with E-state index in [9.17, 15) is 0 Å². The molecule has 0 radical (unpaired) electrons. The molecule has 7 heteroatoms. The van der Waals surface area contributed by atoms with Gasteiger partial charge in [-0.15, -0.1) is 0 Å². The summed E-state index contributed by atoms with van der Waals surface area (Å²) < 4.78 is 5.26. The first-order valence-electron chi connectivity index (χ1n) is 8.31. The lowest BCUT2D eigenvalue weighted by atomic mass is 10.1.